The highest BCUT2D eigenvalue weighted by Gasteiger charge is 2.36. The summed E-state index contributed by atoms with van der Waals surface area (Å²) in [5.74, 6) is 1.01. The summed E-state index contributed by atoms with van der Waals surface area (Å²) in [6, 6.07) is 10.0. The number of nitrogens with one attached hydrogen (secondary N) is 3. The Morgan fingerprint density at radius 3 is 2.68 bits per heavy atom. The van der Waals surface area contributed by atoms with E-state index in [4.69, 9.17) is 14.9 Å². The molecule has 0 spiro atoms. The Morgan fingerprint density at radius 1 is 1.24 bits per heavy atom. The molecule has 1 saturated heterocycles. The molecule has 3 heterocycles. The topological polar surface area (TPSA) is 99.6 Å². The van der Waals surface area contributed by atoms with Crippen molar-refractivity contribution in [2.75, 3.05) is 26.1 Å². The number of hydrogen-bond acceptors (Lipinski definition) is 7. The van der Waals surface area contributed by atoms with Crippen molar-refractivity contribution >= 4 is 17.3 Å². The number of carbonyl (C=O) groups is 1. The van der Waals surface area contributed by atoms with Crippen molar-refractivity contribution in [3.63, 3.8) is 0 Å². The summed E-state index contributed by atoms with van der Waals surface area (Å²) in [6.45, 7) is 0.616. The van der Waals surface area contributed by atoms with E-state index in [1.54, 1.807) is 50.9 Å². The van der Waals surface area contributed by atoms with Gasteiger partial charge in [-0.15, -0.1) is 0 Å². The maximum absolute atomic E-state index is 13.9. The van der Waals surface area contributed by atoms with Crippen LogP contribution >= 0.6 is 0 Å². The molecule has 2 aromatic rings. The number of rotatable bonds is 8. The van der Waals surface area contributed by atoms with E-state index in [9.17, 15) is 4.79 Å². The lowest BCUT2D eigenvalue weighted by molar-refractivity contribution is -0.131. The molecule has 1 aromatic carbocycles. The van der Waals surface area contributed by atoms with Crippen molar-refractivity contribution in [2.24, 2.45) is 0 Å². The van der Waals surface area contributed by atoms with E-state index >= 15 is 0 Å². The van der Waals surface area contributed by atoms with Crippen LogP contribution in [-0.2, 0) is 4.79 Å². The number of amides is 1. The second-order valence-corrected chi connectivity index (χ2v) is 8.04. The van der Waals surface area contributed by atoms with E-state index in [2.05, 4.69) is 15.6 Å². The van der Waals surface area contributed by atoms with Crippen LogP contribution in [0.2, 0.25) is 0 Å². The minimum Gasteiger partial charge on any atom is -0.497 e. The van der Waals surface area contributed by atoms with Crippen molar-refractivity contribution in [3.8, 4) is 11.5 Å². The van der Waals surface area contributed by atoms with E-state index in [0.29, 0.717) is 23.7 Å². The molecular formula is C26H29N5O3. The minimum atomic E-state index is -0.908. The fourth-order valence-corrected chi connectivity index (χ4v) is 4.15. The fourth-order valence-electron chi connectivity index (χ4n) is 4.15. The van der Waals surface area contributed by atoms with Gasteiger partial charge >= 0.3 is 0 Å². The van der Waals surface area contributed by atoms with E-state index in [1.165, 1.54) is 0 Å². The molecule has 8 nitrogen and oxygen atoms in total. The third kappa shape index (κ3) is 5.28. The first-order valence-corrected chi connectivity index (χ1v) is 11.2. The number of hydrogen-bond donors (Lipinski definition) is 3. The molecule has 2 unspecified atom stereocenters. The van der Waals surface area contributed by atoms with Gasteiger partial charge < -0.3 is 30.4 Å². The molecule has 1 fully saturated rings. The number of pyridine rings is 1. The van der Waals surface area contributed by atoms with Crippen LogP contribution in [0.15, 0.2) is 78.8 Å². The SMILES string of the molecule is COc1cc(NC(C(=N)/C=C2/C=CC=CN2)C(=O)N2CCCC2c2ccccn2)cc(OC)c1. The zero-order valence-corrected chi connectivity index (χ0v) is 19.3. The molecular weight excluding hydrogens is 430 g/mol. The van der Waals surface area contributed by atoms with Crippen molar-refractivity contribution < 1.29 is 14.3 Å². The van der Waals surface area contributed by atoms with Gasteiger partial charge in [-0.3, -0.25) is 9.78 Å². The predicted molar refractivity (Wildman–Crippen MR) is 132 cm³/mol. The largest absolute Gasteiger partial charge is 0.497 e. The summed E-state index contributed by atoms with van der Waals surface area (Å²) in [5, 5.41) is 15.2. The second kappa shape index (κ2) is 10.7. The van der Waals surface area contributed by atoms with Crippen LogP contribution in [0.25, 0.3) is 0 Å². The van der Waals surface area contributed by atoms with Crippen LogP contribution in [0, 0.1) is 5.41 Å². The van der Waals surface area contributed by atoms with E-state index in [-0.39, 0.29) is 17.7 Å². The first kappa shape index (κ1) is 23.1. The quantitative estimate of drug-likeness (QED) is 0.519. The summed E-state index contributed by atoms with van der Waals surface area (Å²) in [4.78, 5) is 20.2. The minimum absolute atomic E-state index is 0.117. The number of allylic oxidation sites excluding steroid dienone is 3. The van der Waals surface area contributed by atoms with Gasteiger partial charge in [0.25, 0.3) is 5.91 Å². The second-order valence-electron chi connectivity index (χ2n) is 8.04. The normalized spacial score (nSPS) is 18.9. The first-order valence-electron chi connectivity index (χ1n) is 11.2. The van der Waals surface area contributed by atoms with Gasteiger partial charge in [0.15, 0.2) is 0 Å². The molecule has 2 aliphatic rings. The van der Waals surface area contributed by atoms with Gasteiger partial charge in [-0.25, -0.2) is 0 Å². The van der Waals surface area contributed by atoms with Gasteiger partial charge in [0.1, 0.15) is 17.5 Å². The number of ether oxygens (including phenoxy) is 2. The van der Waals surface area contributed by atoms with Gasteiger partial charge in [0, 0.05) is 48.5 Å². The molecule has 8 heteroatoms. The average Bonchev–Trinajstić information content (AvgIpc) is 3.38. The Hall–Kier alpha value is -4.07. The number of anilines is 1. The summed E-state index contributed by atoms with van der Waals surface area (Å²) < 4.78 is 10.8. The highest BCUT2D eigenvalue weighted by atomic mass is 16.5. The molecule has 1 amide bonds. The highest BCUT2D eigenvalue weighted by Crippen LogP contribution is 2.32. The van der Waals surface area contributed by atoms with Gasteiger partial charge in [-0.2, -0.15) is 0 Å². The number of nitrogens with zero attached hydrogens (tertiary/aromatic N) is 2. The van der Waals surface area contributed by atoms with E-state index in [0.717, 1.165) is 24.2 Å². The molecule has 176 valence electrons. The number of benzene rings is 1. The molecule has 1 aromatic heterocycles. The van der Waals surface area contributed by atoms with Gasteiger partial charge in [0.05, 0.1) is 31.7 Å². The molecule has 2 aliphatic heterocycles. The standard InChI is InChI=1S/C26H29N5O3/c1-33-20-14-19(15-21(17-20)34-2)30-25(22(27)16-18-8-3-5-11-28-18)26(32)31-13-7-10-24(31)23-9-4-6-12-29-23/h3-6,8-9,11-12,14-17,24-25,27-28,30H,7,10,13H2,1-2H3/b18-16-,27-22?. The van der Waals surface area contributed by atoms with E-state index in [1.807, 2.05) is 41.3 Å². The Bertz CT molecular complexity index is 1100. The van der Waals surface area contributed by atoms with Gasteiger partial charge in [0.2, 0.25) is 0 Å². The molecule has 0 radical (unpaired) electrons. The van der Waals surface area contributed by atoms with Crippen LogP contribution in [-0.4, -0.2) is 48.3 Å². The Kier molecular flexibility index (Phi) is 7.27. The average molecular weight is 460 g/mol. The number of likely N-dealkylation sites (tertiary alicyclic amines) is 1. The third-order valence-electron chi connectivity index (χ3n) is 5.83. The first-order chi connectivity index (χ1) is 16.6. The summed E-state index contributed by atoms with van der Waals surface area (Å²) in [5.41, 5.74) is 2.36. The number of dihydropyridines is 1. The van der Waals surface area contributed by atoms with E-state index < -0.39 is 6.04 Å². The number of methoxy groups -OCH3 is 2. The van der Waals surface area contributed by atoms with Crippen LogP contribution in [0.4, 0.5) is 5.69 Å². The zero-order chi connectivity index (χ0) is 23.9. The summed E-state index contributed by atoms with van der Waals surface area (Å²) in [7, 11) is 3.15. The lowest BCUT2D eigenvalue weighted by atomic mass is 10.1. The molecule has 0 bridgehead atoms. The van der Waals surface area contributed by atoms with Crippen molar-refractivity contribution in [1.29, 1.82) is 5.41 Å². The predicted octanol–water partition coefficient (Wildman–Crippen LogP) is 3.82. The molecule has 0 aliphatic carbocycles. The zero-order valence-electron chi connectivity index (χ0n) is 19.3. The third-order valence-corrected chi connectivity index (χ3v) is 5.83. The molecule has 3 N–H and O–H groups in total. The lowest BCUT2D eigenvalue weighted by Crippen LogP contribution is -2.46. The van der Waals surface area contributed by atoms with Crippen LogP contribution < -0.4 is 20.1 Å². The Morgan fingerprint density at radius 2 is 2.03 bits per heavy atom. The van der Waals surface area contributed by atoms with Crippen LogP contribution in [0.1, 0.15) is 24.6 Å². The Labute approximate surface area is 199 Å². The van der Waals surface area contributed by atoms with Gasteiger partial charge in [-0.05, 0) is 43.2 Å². The van der Waals surface area contributed by atoms with Crippen molar-refractivity contribution in [1.82, 2.24) is 15.2 Å². The number of aromatic nitrogens is 1. The summed E-state index contributed by atoms with van der Waals surface area (Å²) >= 11 is 0. The fraction of sp³-hybridized carbons (Fsp3) is 0.269. The molecule has 0 saturated carbocycles. The summed E-state index contributed by atoms with van der Waals surface area (Å²) in [6.07, 6.45) is 12.5. The Balaban J connectivity index is 1.66. The van der Waals surface area contributed by atoms with Crippen LogP contribution in [0.3, 0.4) is 0 Å². The maximum atomic E-state index is 13.9. The lowest BCUT2D eigenvalue weighted by Gasteiger charge is -2.29. The van der Waals surface area contributed by atoms with Crippen molar-refractivity contribution in [2.45, 2.75) is 24.9 Å². The molecule has 4 rings (SSSR count). The monoisotopic (exact) mass is 459 g/mol. The highest BCUT2D eigenvalue weighted by molar-refractivity contribution is 6.14. The maximum Gasteiger partial charge on any atom is 0.251 e. The molecule has 2 atom stereocenters. The smallest absolute Gasteiger partial charge is 0.251 e. The van der Waals surface area contributed by atoms with Crippen LogP contribution in [0.5, 0.6) is 11.5 Å². The molecule has 34 heavy (non-hydrogen) atoms. The van der Waals surface area contributed by atoms with Gasteiger partial charge in [-0.1, -0.05) is 12.1 Å². The van der Waals surface area contributed by atoms with Crippen molar-refractivity contribution in [3.05, 3.63) is 84.5 Å². The number of carbonyl (C=O) groups excluding carboxylic acids is 1.